The largest absolute Gasteiger partial charge is 0.449 e. The monoisotopic (exact) mass is 653 g/mol. The Morgan fingerprint density at radius 1 is 0.705 bits per heavy atom. The van der Waals surface area contributed by atoms with Gasteiger partial charge in [-0.25, -0.2) is 26.4 Å². The molecule has 0 fully saturated rings. The summed E-state index contributed by atoms with van der Waals surface area (Å²) in [6, 6.07) is 8.22. The molecule has 0 aliphatic carbocycles. The molecule has 1 heterocycles. The number of unbranched alkanes of at least 4 members (excludes halogenated alkanes) is 3. The van der Waals surface area contributed by atoms with Crippen LogP contribution in [0.2, 0.25) is 0 Å². The molecule has 13 nitrogen and oxygen atoms in total. The van der Waals surface area contributed by atoms with Gasteiger partial charge < -0.3 is 29.8 Å². The van der Waals surface area contributed by atoms with Crippen LogP contribution >= 0.6 is 0 Å². The Kier molecular flexibility index (Phi) is 12.5. The van der Waals surface area contributed by atoms with Gasteiger partial charge in [0.25, 0.3) is 0 Å². The summed E-state index contributed by atoms with van der Waals surface area (Å²) < 4.78 is 62.0. The number of hydrogen-bond acceptors (Lipinski definition) is 11. The van der Waals surface area contributed by atoms with E-state index in [0.717, 1.165) is 19.1 Å². The molecule has 2 amide bonds. The molecule has 3 rings (SSSR count). The number of carbonyl (C=O) groups excluding carboxylic acids is 3. The highest BCUT2D eigenvalue weighted by atomic mass is 32.2. The maximum absolute atomic E-state index is 12.7. The number of fused-ring (bicyclic) bond motifs is 2. The summed E-state index contributed by atoms with van der Waals surface area (Å²) in [5.41, 5.74) is 0.0557. The van der Waals surface area contributed by atoms with Crippen LogP contribution in [0.25, 0.3) is 21.7 Å². The third-order valence-corrected chi connectivity index (χ3v) is 8.47. The molecule has 0 unspecified atom stereocenters. The van der Waals surface area contributed by atoms with E-state index in [0.29, 0.717) is 49.7 Å². The van der Waals surface area contributed by atoms with Crippen molar-refractivity contribution in [3.8, 4) is 11.5 Å². The summed E-state index contributed by atoms with van der Waals surface area (Å²) in [5.74, 6) is -0.0610. The van der Waals surface area contributed by atoms with Gasteiger partial charge in [-0.3, -0.25) is 4.79 Å². The Hall–Kier alpha value is -3.69. The second-order valence-corrected chi connectivity index (χ2v) is 15.0. The Morgan fingerprint density at radius 3 is 1.89 bits per heavy atom. The molecule has 0 bridgehead atoms. The zero-order valence-corrected chi connectivity index (χ0v) is 26.7. The molecule has 0 saturated heterocycles. The smallest absolute Gasteiger partial charge is 0.412 e. The van der Waals surface area contributed by atoms with E-state index >= 15 is 0 Å². The van der Waals surface area contributed by atoms with E-state index in [-0.39, 0.29) is 52.1 Å². The van der Waals surface area contributed by atoms with Crippen molar-refractivity contribution >= 4 is 59.4 Å². The average Bonchev–Trinajstić information content (AvgIpc) is 3.38. The van der Waals surface area contributed by atoms with Crippen LogP contribution in [0, 0.1) is 0 Å². The summed E-state index contributed by atoms with van der Waals surface area (Å²) in [7, 11) is -6.05. The van der Waals surface area contributed by atoms with Crippen LogP contribution in [-0.4, -0.2) is 85.0 Å². The van der Waals surface area contributed by atoms with Crippen LogP contribution in [0.15, 0.2) is 34.7 Å². The number of sulfone groups is 2. The fraction of sp³-hybridized carbons (Fsp3) is 0.483. The zero-order chi connectivity index (χ0) is 32.3. The number of nitrogens with one attached hydrogen (secondary N) is 3. The Balaban J connectivity index is 1.70. The van der Waals surface area contributed by atoms with E-state index < -0.39 is 31.9 Å². The maximum atomic E-state index is 12.7. The van der Waals surface area contributed by atoms with Crippen molar-refractivity contribution < 1.29 is 45.1 Å². The molecular formula is C29H39N3O10S2. The lowest BCUT2D eigenvalue weighted by Crippen LogP contribution is -2.31. The van der Waals surface area contributed by atoms with Crippen molar-refractivity contribution in [1.29, 1.82) is 0 Å². The molecule has 15 heteroatoms. The molecule has 3 aromatic rings. The minimum absolute atomic E-state index is 0.0138. The summed E-state index contributed by atoms with van der Waals surface area (Å²) in [6.45, 7) is 2.68. The van der Waals surface area contributed by atoms with Crippen LogP contribution in [0.5, 0.6) is 11.5 Å². The number of carbonyl (C=O) groups is 3. The van der Waals surface area contributed by atoms with E-state index in [4.69, 9.17) is 13.9 Å². The first-order valence-corrected chi connectivity index (χ1v) is 18.3. The molecule has 0 aliphatic rings. The van der Waals surface area contributed by atoms with Gasteiger partial charge in [-0.05, 0) is 31.9 Å². The predicted octanol–water partition coefficient (Wildman–Crippen LogP) is 3.59. The first-order chi connectivity index (χ1) is 20.7. The molecule has 1 aromatic heterocycles. The van der Waals surface area contributed by atoms with Gasteiger partial charge in [0.1, 0.15) is 19.7 Å². The summed E-state index contributed by atoms with van der Waals surface area (Å²) in [4.78, 5) is 37.6. The molecular weight excluding hydrogens is 614 g/mol. The van der Waals surface area contributed by atoms with Crippen LogP contribution in [0.3, 0.4) is 0 Å². The number of ketones is 1. The highest BCUT2D eigenvalue weighted by Crippen LogP contribution is 2.44. The number of hydrogen-bond donors (Lipinski definition) is 3. The number of furan rings is 1. The first kappa shape index (κ1) is 34.8. The second-order valence-electron chi connectivity index (χ2n) is 10.5. The predicted molar refractivity (Wildman–Crippen MR) is 167 cm³/mol. The molecule has 242 valence electrons. The Bertz CT molecular complexity index is 1580. The molecule has 0 aliphatic heterocycles. The fourth-order valence-corrected chi connectivity index (χ4v) is 5.58. The van der Waals surface area contributed by atoms with Crippen molar-refractivity contribution in [1.82, 2.24) is 16.0 Å². The van der Waals surface area contributed by atoms with E-state index in [9.17, 15) is 31.2 Å². The summed E-state index contributed by atoms with van der Waals surface area (Å²) in [6.07, 6.45) is 4.04. The quantitative estimate of drug-likeness (QED) is 0.143. The van der Waals surface area contributed by atoms with Gasteiger partial charge in [-0.2, -0.15) is 0 Å². The minimum atomic E-state index is -3.06. The van der Waals surface area contributed by atoms with E-state index in [1.54, 1.807) is 24.3 Å². The number of Topliss-reactive ketones (excluding diaryl/α,β-unsaturated/α-hetero) is 1. The highest BCUT2D eigenvalue weighted by molar-refractivity contribution is 7.90. The van der Waals surface area contributed by atoms with Crippen molar-refractivity contribution in [2.75, 3.05) is 50.2 Å². The van der Waals surface area contributed by atoms with Crippen molar-refractivity contribution in [3.63, 3.8) is 0 Å². The van der Waals surface area contributed by atoms with Crippen molar-refractivity contribution in [2.45, 2.75) is 39.0 Å². The van der Waals surface area contributed by atoms with Crippen LogP contribution in [0.4, 0.5) is 9.59 Å². The summed E-state index contributed by atoms with van der Waals surface area (Å²) >= 11 is 0. The Morgan fingerprint density at radius 2 is 1.27 bits per heavy atom. The van der Waals surface area contributed by atoms with Gasteiger partial charge in [-0.15, -0.1) is 0 Å². The van der Waals surface area contributed by atoms with Gasteiger partial charge in [-0.1, -0.05) is 37.1 Å². The van der Waals surface area contributed by atoms with E-state index in [2.05, 4.69) is 16.0 Å². The van der Waals surface area contributed by atoms with Gasteiger partial charge in [0, 0.05) is 55.6 Å². The third kappa shape index (κ3) is 11.1. The molecule has 44 heavy (non-hydrogen) atoms. The number of ether oxygens (including phenoxy) is 2. The topological polar surface area (TPSA) is 187 Å². The normalized spacial score (nSPS) is 11.9. The maximum Gasteiger partial charge on any atom is 0.412 e. The van der Waals surface area contributed by atoms with Crippen LogP contribution < -0.4 is 25.4 Å². The molecule has 0 spiro atoms. The van der Waals surface area contributed by atoms with Gasteiger partial charge in [0.05, 0.1) is 11.1 Å². The van der Waals surface area contributed by atoms with Gasteiger partial charge in [0.2, 0.25) is 0 Å². The zero-order valence-electron chi connectivity index (χ0n) is 25.1. The molecule has 0 saturated carbocycles. The lowest BCUT2D eigenvalue weighted by molar-refractivity contribution is 0.0989. The lowest BCUT2D eigenvalue weighted by atomic mass is 10.1. The molecule has 0 radical (unpaired) electrons. The lowest BCUT2D eigenvalue weighted by Gasteiger charge is -2.14. The Labute approximate surface area is 256 Å². The standard InChI is InChI=1S/C29H39N3O10S2/c1-20(33)24-19-23-25(41-28(34)31-14-8-4-5-9-17-43(2,36)37)21-11-6-7-12-22(21)26(27(23)40-24)42-29(35)32-15-10-13-30-16-18-44(3,38)39/h6-7,11-12,19,30H,4-5,8-10,13-18H2,1-3H3,(H,31,34)(H,32,35). The van der Waals surface area contributed by atoms with E-state index in [1.165, 1.54) is 19.2 Å². The van der Waals surface area contributed by atoms with Crippen LogP contribution in [-0.2, 0) is 19.7 Å². The highest BCUT2D eigenvalue weighted by Gasteiger charge is 2.24. The van der Waals surface area contributed by atoms with Gasteiger partial charge >= 0.3 is 12.2 Å². The molecule has 2 aromatic carbocycles. The summed E-state index contributed by atoms with van der Waals surface area (Å²) in [5, 5.41) is 9.45. The second kappa shape index (κ2) is 15.9. The van der Waals surface area contributed by atoms with Crippen molar-refractivity contribution in [2.24, 2.45) is 0 Å². The first-order valence-electron chi connectivity index (χ1n) is 14.2. The number of benzene rings is 2. The third-order valence-electron chi connectivity index (χ3n) is 6.50. The number of amides is 2. The minimum Gasteiger partial charge on any atom is -0.449 e. The molecule has 0 atom stereocenters. The molecule has 3 N–H and O–H groups in total. The average molecular weight is 654 g/mol. The fourth-order valence-electron chi connectivity index (χ4n) is 4.34. The van der Waals surface area contributed by atoms with Gasteiger partial charge in [0.15, 0.2) is 28.6 Å². The van der Waals surface area contributed by atoms with Crippen molar-refractivity contribution in [3.05, 3.63) is 36.1 Å². The van der Waals surface area contributed by atoms with E-state index in [1.807, 2.05) is 0 Å². The van der Waals surface area contributed by atoms with Crippen LogP contribution in [0.1, 0.15) is 49.6 Å². The SMILES string of the molecule is CC(=O)c1cc2c(OC(=O)NCCCCCCS(C)(=O)=O)c3ccccc3c(OC(=O)NCCCNCCS(C)(=O)=O)c2o1. The number of rotatable bonds is 17.